The number of urea groups is 1. The predicted octanol–water partition coefficient (Wildman–Crippen LogP) is 2.96. The summed E-state index contributed by atoms with van der Waals surface area (Å²) in [5.74, 6) is -1.26. The van der Waals surface area contributed by atoms with Gasteiger partial charge in [0.05, 0.1) is 4.92 Å². The number of rotatable bonds is 5. The van der Waals surface area contributed by atoms with Crippen molar-refractivity contribution in [3.8, 4) is 0 Å². The van der Waals surface area contributed by atoms with Crippen molar-refractivity contribution in [2.24, 2.45) is 0 Å². The van der Waals surface area contributed by atoms with Crippen molar-refractivity contribution in [1.29, 1.82) is 0 Å². The second kappa shape index (κ2) is 7.51. The number of hydrogen-bond acceptors (Lipinski definition) is 5. The lowest BCUT2D eigenvalue weighted by Crippen LogP contribution is -2.42. The Morgan fingerprint density at radius 1 is 1.28 bits per heavy atom. The largest absolute Gasteiger partial charge is 0.325 e. The van der Waals surface area contributed by atoms with Crippen LogP contribution in [0.3, 0.4) is 0 Å². The molecule has 0 saturated carbocycles. The van der Waals surface area contributed by atoms with Gasteiger partial charge in [-0.2, -0.15) is 0 Å². The molecule has 0 aliphatic carbocycles. The lowest BCUT2D eigenvalue weighted by molar-refractivity contribution is -0.385. The van der Waals surface area contributed by atoms with E-state index in [9.17, 15) is 24.5 Å². The maximum absolute atomic E-state index is 12.9. The second-order valence-corrected chi connectivity index (χ2v) is 7.12. The molecule has 1 aliphatic heterocycles. The summed E-state index contributed by atoms with van der Waals surface area (Å²) in [5, 5.41) is 16.6. The Bertz CT molecular complexity index is 1040. The number of non-ortho nitro benzene ring substituents is 1. The molecule has 10 heteroatoms. The van der Waals surface area contributed by atoms with Crippen molar-refractivity contribution in [2.75, 3.05) is 11.9 Å². The monoisotopic (exact) mass is 416 g/mol. The minimum absolute atomic E-state index is 0.210. The molecular formula is C19H17ClN4O5. The Morgan fingerprint density at radius 2 is 1.97 bits per heavy atom. The minimum atomic E-state index is -1.52. The van der Waals surface area contributed by atoms with Crippen LogP contribution >= 0.6 is 11.6 Å². The van der Waals surface area contributed by atoms with Gasteiger partial charge in [0.25, 0.3) is 11.6 Å². The Morgan fingerprint density at radius 3 is 2.66 bits per heavy atom. The molecule has 2 N–H and O–H groups in total. The van der Waals surface area contributed by atoms with Crippen molar-refractivity contribution in [3.05, 3.63) is 68.7 Å². The molecule has 1 fully saturated rings. The zero-order valence-electron chi connectivity index (χ0n) is 15.6. The molecule has 0 bridgehead atoms. The first-order valence-corrected chi connectivity index (χ1v) is 8.95. The fraction of sp³-hybridized carbons (Fsp3) is 0.211. The maximum Gasteiger partial charge on any atom is 0.325 e. The van der Waals surface area contributed by atoms with Crippen molar-refractivity contribution >= 4 is 40.8 Å². The van der Waals surface area contributed by atoms with Gasteiger partial charge in [-0.15, -0.1) is 0 Å². The molecular weight excluding hydrogens is 400 g/mol. The molecule has 3 rings (SSSR count). The van der Waals surface area contributed by atoms with Gasteiger partial charge in [-0.1, -0.05) is 29.8 Å². The molecule has 29 heavy (non-hydrogen) atoms. The van der Waals surface area contributed by atoms with E-state index >= 15 is 0 Å². The number of amides is 4. The van der Waals surface area contributed by atoms with E-state index < -0.39 is 34.9 Å². The predicted molar refractivity (Wildman–Crippen MR) is 106 cm³/mol. The molecule has 1 aliphatic rings. The Labute approximate surface area is 170 Å². The Kier molecular flexibility index (Phi) is 5.25. The molecule has 150 valence electrons. The maximum atomic E-state index is 12.9. The van der Waals surface area contributed by atoms with Crippen molar-refractivity contribution in [3.63, 3.8) is 0 Å². The highest BCUT2D eigenvalue weighted by Gasteiger charge is 2.49. The van der Waals surface area contributed by atoms with Crippen LogP contribution in [0.5, 0.6) is 0 Å². The summed E-state index contributed by atoms with van der Waals surface area (Å²) >= 11 is 6.03. The van der Waals surface area contributed by atoms with Gasteiger partial charge in [0, 0.05) is 22.8 Å². The van der Waals surface area contributed by atoms with E-state index in [1.807, 2.05) is 0 Å². The lowest BCUT2D eigenvalue weighted by atomic mass is 9.91. The molecule has 0 radical (unpaired) electrons. The fourth-order valence-corrected chi connectivity index (χ4v) is 3.22. The SMILES string of the molecule is Cc1c(Cl)cccc1NC(=O)CN1C(=O)NC(C)(c2cccc([N+](=O)[O-])c2)C1=O. The summed E-state index contributed by atoms with van der Waals surface area (Å²) in [6.45, 7) is 2.65. The smallest absolute Gasteiger partial charge is 0.324 e. The van der Waals surface area contributed by atoms with Crippen LogP contribution in [0.2, 0.25) is 5.02 Å². The van der Waals surface area contributed by atoms with Gasteiger partial charge < -0.3 is 10.6 Å². The third-order valence-electron chi connectivity index (χ3n) is 4.75. The van der Waals surface area contributed by atoms with Crippen molar-refractivity contribution < 1.29 is 19.3 Å². The number of anilines is 1. The fourth-order valence-electron chi connectivity index (χ4n) is 3.04. The summed E-state index contributed by atoms with van der Waals surface area (Å²) in [4.78, 5) is 48.9. The van der Waals surface area contributed by atoms with E-state index in [4.69, 9.17) is 11.6 Å². The summed E-state index contributed by atoms with van der Waals surface area (Å²) in [7, 11) is 0. The van der Waals surface area contributed by atoms with Gasteiger partial charge in [0.1, 0.15) is 12.1 Å². The van der Waals surface area contributed by atoms with Crippen LogP contribution in [0.4, 0.5) is 16.2 Å². The highest BCUT2D eigenvalue weighted by Crippen LogP contribution is 2.31. The molecule has 2 aromatic carbocycles. The molecule has 4 amide bonds. The number of imide groups is 1. The molecule has 1 unspecified atom stereocenters. The molecule has 9 nitrogen and oxygen atoms in total. The van der Waals surface area contributed by atoms with Crippen LogP contribution in [-0.4, -0.2) is 34.2 Å². The number of nitro groups is 1. The summed E-state index contributed by atoms with van der Waals surface area (Å²) in [5.41, 5.74) is -0.357. The number of halogens is 1. The number of nitro benzene ring substituents is 1. The van der Waals surface area contributed by atoms with E-state index in [0.29, 0.717) is 16.3 Å². The van der Waals surface area contributed by atoms with Gasteiger partial charge in [0.2, 0.25) is 5.91 Å². The number of carbonyl (C=O) groups is 3. The summed E-state index contributed by atoms with van der Waals surface area (Å²) < 4.78 is 0. The topological polar surface area (TPSA) is 122 Å². The molecule has 2 aromatic rings. The molecule has 1 atom stereocenters. The van der Waals surface area contributed by atoms with Crippen LogP contribution in [-0.2, 0) is 15.1 Å². The lowest BCUT2D eigenvalue weighted by Gasteiger charge is -2.22. The quantitative estimate of drug-likeness (QED) is 0.441. The van der Waals surface area contributed by atoms with Gasteiger partial charge in [-0.3, -0.25) is 24.6 Å². The van der Waals surface area contributed by atoms with E-state index in [1.54, 1.807) is 25.1 Å². The van der Waals surface area contributed by atoms with Gasteiger partial charge in [0.15, 0.2) is 0 Å². The standard InChI is InChI=1S/C19H17ClN4O5/c1-11-14(20)7-4-8-15(11)21-16(25)10-23-17(26)19(2,22-18(23)27)12-5-3-6-13(9-12)24(28)29/h3-9H,10H2,1-2H3,(H,21,25)(H,22,27). The van der Waals surface area contributed by atoms with Crippen molar-refractivity contribution in [1.82, 2.24) is 10.2 Å². The third-order valence-corrected chi connectivity index (χ3v) is 5.16. The highest BCUT2D eigenvalue weighted by atomic mass is 35.5. The van der Waals surface area contributed by atoms with Crippen LogP contribution < -0.4 is 10.6 Å². The number of hydrogen-bond donors (Lipinski definition) is 2. The Balaban J connectivity index is 1.80. The average Bonchev–Trinajstić information content (AvgIpc) is 2.89. The van der Waals surface area contributed by atoms with Gasteiger partial charge >= 0.3 is 6.03 Å². The highest BCUT2D eigenvalue weighted by molar-refractivity contribution is 6.31. The second-order valence-electron chi connectivity index (χ2n) is 6.71. The summed E-state index contributed by atoms with van der Waals surface area (Å²) in [6.07, 6.45) is 0. The zero-order valence-corrected chi connectivity index (χ0v) is 16.3. The first kappa shape index (κ1) is 20.3. The average molecular weight is 417 g/mol. The normalized spacial score (nSPS) is 18.5. The number of benzene rings is 2. The number of nitrogens with zero attached hydrogens (tertiary/aromatic N) is 2. The molecule has 0 spiro atoms. The van der Waals surface area contributed by atoms with Crippen molar-refractivity contribution in [2.45, 2.75) is 19.4 Å². The molecule has 0 aromatic heterocycles. The first-order valence-electron chi connectivity index (χ1n) is 8.57. The molecule has 1 heterocycles. The third kappa shape index (κ3) is 3.77. The zero-order chi connectivity index (χ0) is 21.3. The van der Waals surface area contributed by atoms with Gasteiger partial charge in [-0.05, 0) is 37.1 Å². The first-order chi connectivity index (χ1) is 13.6. The van der Waals surface area contributed by atoms with Crippen LogP contribution in [0.25, 0.3) is 0 Å². The van der Waals surface area contributed by atoms with Gasteiger partial charge in [-0.25, -0.2) is 4.79 Å². The molecule has 1 saturated heterocycles. The summed E-state index contributed by atoms with van der Waals surface area (Å²) in [6, 6.07) is 9.66. The number of nitrogens with one attached hydrogen (secondary N) is 2. The van der Waals surface area contributed by atoms with E-state index in [2.05, 4.69) is 10.6 Å². The Hall–Kier alpha value is -3.46. The minimum Gasteiger partial charge on any atom is -0.324 e. The van der Waals surface area contributed by atoms with Crippen LogP contribution in [0, 0.1) is 17.0 Å². The van der Waals surface area contributed by atoms with E-state index in [0.717, 1.165) is 4.90 Å². The van der Waals surface area contributed by atoms with E-state index in [1.165, 1.54) is 31.2 Å². The van der Waals surface area contributed by atoms with E-state index in [-0.39, 0.29) is 11.3 Å². The van der Waals surface area contributed by atoms with Crippen LogP contribution in [0.1, 0.15) is 18.1 Å². The van der Waals surface area contributed by atoms with Crippen LogP contribution in [0.15, 0.2) is 42.5 Å². The number of carbonyl (C=O) groups excluding carboxylic acids is 3.